The molecule has 0 saturated heterocycles. The molecule has 2 aliphatic rings. The average Bonchev–Trinajstić information content (AvgIpc) is 3.60. The second kappa shape index (κ2) is 13.9. The average molecular weight is 816 g/mol. The normalized spacial score (nSPS) is 13.4. The molecule has 0 N–H and O–H groups in total. The van der Waals surface area contributed by atoms with Crippen molar-refractivity contribution in [3.05, 3.63) is 155 Å². The predicted octanol–water partition coefficient (Wildman–Crippen LogP) is 14.4. The Morgan fingerprint density at radius 2 is 1.05 bits per heavy atom. The topological polar surface area (TPSA) is 21.7 Å². The molecule has 5 heteroatoms. The number of aryl methyl sites for hydroxylation is 2. The Kier molecular flexibility index (Phi) is 8.95. The first-order chi connectivity index (χ1) is 28.9. The van der Waals surface area contributed by atoms with E-state index in [1.807, 2.05) is 11.3 Å². The van der Waals surface area contributed by atoms with Gasteiger partial charge in [-0.15, -0.1) is 11.3 Å². The molecule has 0 bridgehead atoms. The number of fused-ring (bicyclic) bond motifs is 8. The molecule has 1 aromatic heterocycles. The summed E-state index contributed by atoms with van der Waals surface area (Å²) in [6.07, 6.45) is 0. The van der Waals surface area contributed by atoms with Crippen LogP contribution < -0.4 is 30.8 Å². The number of nitrogens with zero attached hydrogens (tertiary/aromatic N) is 1. The molecule has 10 rings (SSSR count). The van der Waals surface area contributed by atoms with E-state index in [9.17, 15) is 0 Å². The largest absolute Gasteiger partial charge is 0.458 e. The zero-order valence-corrected chi connectivity index (χ0v) is 38.2. The zero-order valence-electron chi connectivity index (χ0n) is 37.4. The second-order valence-electron chi connectivity index (χ2n) is 20.4. The lowest BCUT2D eigenvalue weighted by Crippen LogP contribution is -2.57. The van der Waals surface area contributed by atoms with Crippen molar-refractivity contribution in [1.82, 2.24) is 0 Å². The van der Waals surface area contributed by atoms with Crippen molar-refractivity contribution in [2.24, 2.45) is 0 Å². The van der Waals surface area contributed by atoms with Crippen LogP contribution in [0.5, 0.6) is 23.0 Å². The Morgan fingerprint density at radius 1 is 0.508 bits per heavy atom. The maximum absolute atomic E-state index is 7.40. The molecule has 3 nitrogen and oxygen atoms in total. The van der Waals surface area contributed by atoms with Gasteiger partial charge in [0, 0.05) is 32.3 Å². The third kappa shape index (κ3) is 6.73. The number of benzene rings is 7. The van der Waals surface area contributed by atoms with E-state index in [4.69, 9.17) is 9.47 Å². The van der Waals surface area contributed by atoms with Gasteiger partial charge in [-0.2, -0.15) is 0 Å². The van der Waals surface area contributed by atoms with E-state index in [-0.39, 0.29) is 23.0 Å². The molecular weight excluding hydrogens is 761 g/mol. The van der Waals surface area contributed by atoms with Crippen LogP contribution in [0, 0.1) is 13.8 Å². The van der Waals surface area contributed by atoms with Crippen LogP contribution in [0.1, 0.15) is 90.1 Å². The highest BCUT2D eigenvalue weighted by Crippen LogP contribution is 2.51. The third-order valence-electron chi connectivity index (χ3n) is 12.7. The fourth-order valence-electron chi connectivity index (χ4n) is 9.42. The summed E-state index contributed by atoms with van der Waals surface area (Å²) >= 11 is 1.85. The lowest BCUT2D eigenvalue weighted by atomic mass is 9.34. The summed E-state index contributed by atoms with van der Waals surface area (Å²) in [4.78, 5) is 2.47. The Balaban J connectivity index is 1.29. The van der Waals surface area contributed by atoms with Crippen molar-refractivity contribution in [3.63, 3.8) is 0 Å². The van der Waals surface area contributed by atoms with Gasteiger partial charge in [-0.05, 0) is 123 Å². The van der Waals surface area contributed by atoms with Crippen molar-refractivity contribution < 1.29 is 9.47 Å². The molecule has 7 aromatic carbocycles. The Labute approximate surface area is 366 Å². The van der Waals surface area contributed by atoms with E-state index in [0.717, 1.165) is 67.5 Å². The van der Waals surface area contributed by atoms with Crippen LogP contribution in [0.2, 0.25) is 0 Å². The number of hydrogen-bond acceptors (Lipinski definition) is 4. The van der Waals surface area contributed by atoms with Crippen LogP contribution in [0.3, 0.4) is 0 Å². The van der Waals surface area contributed by atoms with Crippen LogP contribution in [0.15, 0.2) is 127 Å². The smallest absolute Gasteiger partial charge is 0.260 e. The highest BCUT2D eigenvalue weighted by molar-refractivity contribution is 7.26. The molecule has 0 aliphatic carbocycles. The number of rotatable bonds is 4. The predicted molar refractivity (Wildman–Crippen MR) is 263 cm³/mol. The molecule has 61 heavy (non-hydrogen) atoms. The summed E-state index contributed by atoms with van der Waals surface area (Å²) in [5, 5.41) is 2.36. The zero-order chi connectivity index (χ0) is 42.7. The molecule has 0 spiro atoms. The summed E-state index contributed by atoms with van der Waals surface area (Å²) in [5.41, 5.74) is 15.4. The van der Waals surface area contributed by atoms with Gasteiger partial charge >= 0.3 is 0 Å². The summed E-state index contributed by atoms with van der Waals surface area (Å²) in [7, 11) is 0. The minimum absolute atomic E-state index is 0.0328. The minimum Gasteiger partial charge on any atom is -0.458 e. The Morgan fingerprint density at radius 3 is 1.64 bits per heavy atom. The van der Waals surface area contributed by atoms with Gasteiger partial charge in [-0.3, -0.25) is 0 Å². The van der Waals surface area contributed by atoms with Crippen LogP contribution >= 0.6 is 11.3 Å². The second-order valence-corrected chi connectivity index (χ2v) is 21.5. The van der Waals surface area contributed by atoms with Gasteiger partial charge in [-0.1, -0.05) is 146 Å². The van der Waals surface area contributed by atoms with E-state index in [2.05, 4.69) is 208 Å². The molecular formula is C56H54BNO2S. The molecule has 304 valence electrons. The molecule has 2 aliphatic heterocycles. The van der Waals surface area contributed by atoms with Crippen molar-refractivity contribution in [2.75, 3.05) is 4.90 Å². The van der Waals surface area contributed by atoms with Crippen LogP contribution in [0.4, 0.5) is 17.1 Å². The molecule has 8 aromatic rings. The highest BCUT2D eigenvalue weighted by Gasteiger charge is 2.43. The molecule has 0 atom stereocenters. The van der Waals surface area contributed by atoms with Gasteiger partial charge in [0.25, 0.3) is 6.71 Å². The number of anilines is 3. The molecule has 0 amide bonds. The van der Waals surface area contributed by atoms with Gasteiger partial charge in [0.05, 0.1) is 10.4 Å². The van der Waals surface area contributed by atoms with Crippen LogP contribution in [0.25, 0.3) is 31.3 Å². The number of ether oxygens (including phenoxy) is 2. The van der Waals surface area contributed by atoms with Crippen molar-refractivity contribution in [2.45, 2.75) is 92.4 Å². The Bertz CT molecular complexity index is 2970. The van der Waals surface area contributed by atoms with E-state index >= 15 is 0 Å². The van der Waals surface area contributed by atoms with Crippen molar-refractivity contribution in [1.29, 1.82) is 0 Å². The van der Waals surface area contributed by atoms with Gasteiger partial charge in [0.2, 0.25) is 0 Å². The third-order valence-corrected chi connectivity index (χ3v) is 13.9. The van der Waals surface area contributed by atoms with Crippen molar-refractivity contribution in [3.8, 4) is 34.1 Å². The summed E-state index contributed by atoms with van der Waals surface area (Å²) in [5.74, 6) is 3.53. The summed E-state index contributed by atoms with van der Waals surface area (Å²) < 4.78 is 16.8. The van der Waals surface area contributed by atoms with Gasteiger partial charge < -0.3 is 14.4 Å². The maximum Gasteiger partial charge on any atom is 0.260 e. The minimum atomic E-state index is -0.122. The first-order valence-corrected chi connectivity index (χ1v) is 22.5. The van der Waals surface area contributed by atoms with E-state index in [1.165, 1.54) is 48.1 Å². The summed E-state index contributed by atoms with van der Waals surface area (Å²) in [6, 6.07) is 47.7. The van der Waals surface area contributed by atoms with Crippen LogP contribution in [-0.2, 0) is 16.2 Å². The molecule has 0 saturated carbocycles. The lowest BCUT2D eigenvalue weighted by molar-refractivity contribution is 0.467. The van der Waals surface area contributed by atoms with E-state index in [1.54, 1.807) is 0 Å². The first kappa shape index (κ1) is 39.4. The Hall–Kier alpha value is -5.78. The molecule has 0 unspecified atom stereocenters. The van der Waals surface area contributed by atoms with E-state index < -0.39 is 0 Å². The quantitative estimate of drug-likeness (QED) is 0.165. The van der Waals surface area contributed by atoms with Gasteiger partial charge in [0.15, 0.2) is 0 Å². The molecule has 0 fully saturated rings. The van der Waals surface area contributed by atoms with Crippen molar-refractivity contribution >= 4 is 71.7 Å². The maximum atomic E-state index is 7.40. The SMILES string of the molecule is Cc1cc(C)cc(-c2cc3c4c(c2)Oc2c(cc(N(c5ccc(C(C)(C)C)cc5)c5ccc(C(C)(C)C)cc5)c5sc6ccccc6c25)B4c2cc(C(C)(C)C)ccc2O3)c1. The standard InChI is InChI=1S/C56H54BNO2S/c1-33-26-34(2)28-35(27-33)36-29-47-51-48(30-36)60-52-44(57(51)43-31-39(56(9,10)11)20-25-46(43)59-47)32-45(53-50(52)42-14-12-13-15-49(42)61-53)58(40-21-16-37(17-22-40)54(3,4)5)41-23-18-38(19-24-41)55(6,7)8/h12-32H,1-11H3. The lowest BCUT2D eigenvalue weighted by Gasteiger charge is -2.36. The van der Waals surface area contributed by atoms with Gasteiger partial charge in [-0.25, -0.2) is 0 Å². The first-order valence-electron chi connectivity index (χ1n) is 21.7. The fourth-order valence-corrected chi connectivity index (χ4v) is 10.6. The summed E-state index contributed by atoms with van der Waals surface area (Å²) in [6.45, 7) is 24.8. The number of thiophene rings is 1. The van der Waals surface area contributed by atoms with E-state index in [0.29, 0.717) is 0 Å². The molecule has 0 radical (unpaired) electrons. The van der Waals surface area contributed by atoms with Crippen LogP contribution in [-0.4, -0.2) is 6.71 Å². The van der Waals surface area contributed by atoms with Gasteiger partial charge in [0.1, 0.15) is 23.0 Å². The monoisotopic (exact) mass is 815 g/mol. The fraction of sp³-hybridized carbons (Fsp3) is 0.250. The highest BCUT2D eigenvalue weighted by atomic mass is 32.1. The molecule has 3 heterocycles. The number of hydrogen-bond donors (Lipinski definition) is 0.